The van der Waals surface area contributed by atoms with Crippen LogP contribution >= 0.6 is 0 Å². The van der Waals surface area contributed by atoms with Gasteiger partial charge in [0.2, 0.25) is 0 Å². The van der Waals surface area contributed by atoms with E-state index < -0.39 is 0 Å². The van der Waals surface area contributed by atoms with Gasteiger partial charge in [0.25, 0.3) is 0 Å². The second-order valence-electron chi connectivity index (χ2n) is 13.4. The van der Waals surface area contributed by atoms with Gasteiger partial charge in [0.05, 0.1) is 112 Å². The van der Waals surface area contributed by atoms with Gasteiger partial charge in [0, 0.05) is 12.2 Å². The zero-order chi connectivity index (χ0) is 38.5. The van der Waals surface area contributed by atoms with E-state index in [9.17, 15) is 4.79 Å². The minimum Gasteiger partial charge on any atom is -0.491 e. The second-order valence-corrected chi connectivity index (χ2v) is 13.4. The summed E-state index contributed by atoms with van der Waals surface area (Å²) in [6.07, 6.45) is 23.0. The quantitative estimate of drug-likeness (QED) is 0.0472. The van der Waals surface area contributed by atoms with Crippen LogP contribution < -0.4 is 4.74 Å². The monoisotopic (exact) mass is 771 g/mol. The predicted octanol–water partition coefficient (Wildman–Crippen LogP) is 8.29. The number of ether oxygens (including phenoxy) is 10. The van der Waals surface area contributed by atoms with Crippen molar-refractivity contribution in [3.8, 4) is 5.75 Å². The van der Waals surface area contributed by atoms with Crippen LogP contribution in [0.1, 0.15) is 120 Å². The van der Waals surface area contributed by atoms with Gasteiger partial charge in [0.15, 0.2) is 0 Å². The van der Waals surface area contributed by atoms with Gasteiger partial charge in [-0.1, -0.05) is 103 Å². The molecule has 0 radical (unpaired) electrons. The molecule has 0 aliphatic carbocycles. The third-order valence-electron chi connectivity index (χ3n) is 8.63. The number of unbranched alkanes of at least 4 members (excludes halogenated alkanes) is 15. The smallest absolute Gasteiger partial charge is 0.150 e. The van der Waals surface area contributed by atoms with Crippen molar-refractivity contribution < 1.29 is 52.2 Å². The molecule has 1 aromatic carbocycles. The van der Waals surface area contributed by atoms with Gasteiger partial charge < -0.3 is 47.4 Å². The summed E-state index contributed by atoms with van der Waals surface area (Å²) >= 11 is 0. The highest BCUT2D eigenvalue weighted by Gasteiger charge is 1.99. The molecule has 0 amide bonds. The van der Waals surface area contributed by atoms with E-state index in [2.05, 4.69) is 6.92 Å². The molecule has 0 unspecified atom stereocenters. The molecule has 0 heterocycles. The van der Waals surface area contributed by atoms with Gasteiger partial charge >= 0.3 is 0 Å². The van der Waals surface area contributed by atoms with E-state index in [1.54, 1.807) is 24.3 Å². The molecule has 0 N–H and O–H groups in total. The van der Waals surface area contributed by atoms with E-state index >= 15 is 0 Å². The molecule has 0 bridgehead atoms. The molecular weight excluding hydrogens is 692 g/mol. The summed E-state index contributed by atoms with van der Waals surface area (Å²) in [6, 6.07) is 6.96. The molecule has 11 nitrogen and oxygen atoms in total. The molecule has 0 spiro atoms. The number of rotatable bonds is 46. The predicted molar refractivity (Wildman–Crippen MR) is 214 cm³/mol. The van der Waals surface area contributed by atoms with E-state index in [1.165, 1.54) is 96.3 Å². The molecule has 0 aliphatic heterocycles. The molecule has 11 heteroatoms. The van der Waals surface area contributed by atoms with Crippen molar-refractivity contribution in [1.29, 1.82) is 0 Å². The number of hydrogen-bond donors (Lipinski definition) is 0. The molecule has 316 valence electrons. The minimum absolute atomic E-state index is 0.436. The fourth-order valence-corrected chi connectivity index (χ4v) is 5.47. The molecule has 0 atom stereocenters. The van der Waals surface area contributed by atoms with Gasteiger partial charge in [-0.2, -0.15) is 0 Å². The van der Waals surface area contributed by atoms with Crippen LogP contribution in [0.25, 0.3) is 0 Å². The SMILES string of the molecule is CCCCCCCCCCCCCCCCCCOCCOCCOCCOCCOCCOCCOCCOCCOCCOc1ccc(C=O)cc1. The second kappa shape index (κ2) is 44.0. The summed E-state index contributed by atoms with van der Waals surface area (Å²) < 4.78 is 55.4. The summed E-state index contributed by atoms with van der Waals surface area (Å²) in [5.74, 6) is 0.709. The standard InChI is InChI=1S/C43H78O11/c1-2-3-4-5-6-7-8-9-10-11-12-13-14-15-16-17-22-45-23-24-46-25-26-47-27-28-48-29-30-49-31-32-50-33-34-51-35-36-52-37-38-53-39-40-54-43-20-18-42(41-44)19-21-43/h18-21,41H,2-17,22-40H2,1H3. The van der Waals surface area contributed by atoms with Crippen molar-refractivity contribution in [2.75, 3.05) is 126 Å². The first-order valence-electron chi connectivity index (χ1n) is 21.2. The van der Waals surface area contributed by atoms with Gasteiger partial charge in [-0.05, 0) is 30.7 Å². The van der Waals surface area contributed by atoms with Crippen LogP contribution in [0.5, 0.6) is 5.75 Å². The lowest BCUT2D eigenvalue weighted by atomic mass is 10.0. The molecule has 1 aromatic rings. The van der Waals surface area contributed by atoms with Crippen molar-refractivity contribution in [3.05, 3.63) is 29.8 Å². The highest BCUT2D eigenvalue weighted by Crippen LogP contribution is 2.14. The summed E-state index contributed by atoms with van der Waals surface area (Å²) in [5, 5.41) is 0. The largest absolute Gasteiger partial charge is 0.491 e. The molecule has 1 rings (SSSR count). The third-order valence-corrected chi connectivity index (χ3v) is 8.63. The molecule has 0 saturated carbocycles. The molecule has 0 saturated heterocycles. The molecule has 0 aromatic heterocycles. The van der Waals surface area contributed by atoms with E-state index in [-0.39, 0.29) is 0 Å². The van der Waals surface area contributed by atoms with Crippen molar-refractivity contribution in [2.45, 2.75) is 110 Å². The van der Waals surface area contributed by atoms with Crippen LogP contribution in [0.15, 0.2) is 24.3 Å². The lowest BCUT2D eigenvalue weighted by Crippen LogP contribution is -2.15. The summed E-state index contributed by atoms with van der Waals surface area (Å²) in [5.41, 5.74) is 0.622. The zero-order valence-electron chi connectivity index (χ0n) is 34.1. The van der Waals surface area contributed by atoms with Crippen molar-refractivity contribution in [2.24, 2.45) is 0 Å². The molecular formula is C43H78O11. The maximum atomic E-state index is 10.7. The first-order valence-corrected chi connectivity index (χ1v) is 21.2. The highest BCUT2D eigenvalue weighted by atomic mass is 16.6. The van der Waals surface area contributed by atoms with Crippen LogP contribution in [-0.2, 0) is 42.6 Å². The third kappa shape index (κ3) is 38.6. The lowest BCUT2D eigenvalue weighted by Gasteiger charge is -2.09. The number of carbonyl (C=O) groups excluding carboxylic acids is 1. The van der Waals surface area contributed by atoms with Crippen molar-refractivity contribution >= 4 is 6.29 Å². The Kier molecular flexibility index (Phi) is 41.1. The first kappa shape index (κ1) is 50.3. The normalized spacial score (nSPS) is 11.4. The lowest BCUT2D eigenvalue weighted by molar-refractivity contribution is -0.0254. The Morgan fingerprint density at radius 3 is 0.889 bits per heavy atom. The van der Waals surface area contributed by atoms with Crippen molar-refractivity contribution in [1.82, 2.24) is 0 Å². The molecule has 54 heavy (non-hydrogen) atoms. The van der Waals surface area contributed by atoms with Crippen molar-refractivity contribution in [3.63, 3.8) is 0 Å². The fraction of sp³-hybridized carbons (Fsp3) is 0.837. The van der Waals surface area contributed by atoms with E-state index in [1.807, 2.05) is 0 Å². The van der Waals surface area contributed by atoms with Gasteiger partial charge in [-0.3, -0.25) is 4.79 Å². The Balaban J connectivity index is 1.61. The van der Waals surface area contributed by atoms with Gasteiger partial charge in [0.1, 0.15) is 18.6 Å². The zero-order valence-corrected chi connectivity index (χ0v) is 34.1. The highest BCUT2D eigenvalue weighted by molar-refractivity contribution is 5.74. The van der Waals surface area contributed by atoms with Crippen LogP contribution in [0, 0.1) is 0 Å². The van der Waals surface area contributed by atoms with E-state index in [0.29, 0.717) is 130 Å². The average Bonchev–Trinajstić information content (AvgIpc) is 3.19. The Hall–Kier alpha value is -1.67. The van der Waals surface area contributed by atoms with E-state index in [0.717, 1.165) is 19.3 Å². The average molecular weight is 771 g/mol. The van der Waals surface area contributed by atoms with Crippen LogP contribution in [-0.4, -0.2) is 132 Å². The van der Waals surface area contributed by atoms with Gasteiger partial charge in [-0.15, -0.1) is 0 Å². The van der Waals surface area contributed by atoms with Gasteiger partial charge in [-0.25, -0.2) is 0 Å². The topological polar surface area (TPSA) is 109 Å². The number of benzene rings is 1. The molecule has 0 aliphatic rings. The van der Waals surface area contributed by atoms with Crippen LogP contribution in [0.2, 0.25) is 0 Å². The Morgan fingerprint density at radius 2 is 0.593 bits per heavy atom. The molecule has 0 fully saturated rings. The first-order chi connectivity index (χ1) is 26.9. The number of aldehydes is 1. The van der Waals surface area contributed by atoms with E-state index in [4.69, 9.17) is 47.4 Å². The number of carbonyl (C=O) groups is 1. The maximum Gasteiger partial charge on any atom is 0.150 e. The van der Waals surface area contributed by atoms with Crippen LogP contribution in [0.4, 0.5) is 0 Å². The summed E-state index contributed by atoms with van der Waals surface area (Å²) in [6.45, 7) is 12.5. The Labute approximate surface area is 328 Å². The maximum absolute atomic E-state index is 10.7. The minimum atomic E-state index is 0.436. The van der Waals surface area contributed by atoms with Crippen LogP contribution in [0.3, 0.4) is 0 Å². The number of hydrogen-bond acceptors (Lipinski definition) is 11. The fourth-order valence-electron chi connectivity index (χ4n) is 5.47. The Bertz CT molecular complexity index is 858. The summed E-state index contributed by atoms with van der Waals surface area (Å²) in [4.78, 5) is 10.7. The Morgan fingerprint density at radius 1 is 0.333 bits per heavy atom. The summed E-state index contributed by atoms with van der Waals surface area (Å²) in [7, 11) is 0.